The molecule has 0 spiro atoms. The predicted molar refractivity (Wildman–Crippen MR) is 112 cm³/mol. The van der Waals surface area contributed by atoms with E-state index in [9.17, 15) is 13.2 Å². The predicted octanol–water partition coefficient (Wildman–Crippen LogP) is 3.89. The number of hydrogen-bond acceptors (Lipinski definition) is 4. The first kappa shape index (κ1) is 20.8. The highest BCUT2D eigenvalue weighted by Gasteiger charge is 2.25. The number of amides is 1. The summed E-state index contributed by atoms with van der Waals surface area (Å²) < 4.78 is 34.5. The van der Waals surface area contributed by atoms with E-state index in [1.807, 2.05) is 6.92 Å². The summed E-state index contributed by atoms with van der Waals surface area (Å²) in [5.41, 5.74) is 0.811. The fourth-order valence-electron chi connectivity index (χ4n) is 3.21. The van der Waals surface area contributed by atoms with E-state index in [2.05, 4.69) is 20.7 Å². The van der Waals surface area contributed by atoms with Crippen LogP contribution in [0.15, 0.2) is 57.9 Å². The number of rotatable bonds is 6. The van der Waals surface area contributed by atoms with Crippen LogP contribution < -0.4 is 4.72 Å². The minimum Gasteiger partial charge on any atom is -0.377 e. The zero-order valence-corrected chi connectivity index (χ0v) is 18.0. The standard InChI is InChI=1S/C20H23BrN2O4S/c1-2-27-18-6-4-12-23(14-18)20(24)15-5-3-7-19(13-15)28(25,26)22-17-10-8-16(21)9-11-17/h3,5,7-11,13,18,22H,2,4,6,12,14H2,1H3. The van der Waals surface area contributed by atoms with Crippen LogP contribution in [0.2, 0.25) is 0 Å². The number of anilines is 1. The second kappa shape index (κ2) is 9.07. The van der Waals surface area contributed by atoms with Crippen LogP contribution in [0.4, 0.5) is 5.69 Å². The molecule has 1 aliphatic rings. The summed E-state index contributed by atoms with van der Waals surface area (Å²) in [7, 11) is -3.79. The van der Waals surface area contributed by atoms with Gasteiger partial charge in [0, 0.05) is 35.4 Å². The number of carbonyl (C=O) groups excluding carboxylic acids is 1. The number of nitrogens with zero attached hydrogens (tertiary/aromatic N) is 1. The molecule has 1 saturated heterocycles. The maximum atomic E-state index is 12.9. The molecule has 1 fully saturated rings. The Balaban J connectivity index is 1.77. The monoisotopic (exact) mass is 466 g/mol. The van der Waals surface area contributed by atoms with Crippen molar-refractivity contribution < 1.29 is 17.9 Å². The summed E-state index contributed by atoms with van der Waals surface area (Å²) in [6.07, 6.45) is 1.84. The summed E-state index contributed by atoms with van der Waals surface area (Å²) in [4.78, 5) is 14.7. The highest BCUT2D eigenvalue weighted by molar-refractivity contribution is 9.10. The third-order valence-corrected chi connectivity index (χ3v) is 6.46. The topological polar surface area (TPSA) is 75.7 Å². The smallest absolute Gasteiger partial charge is 0.261 e. The average molecular weight is 467 g/mol. The molecular weight excluding hydrogens is 444 g/mol. The van der Waals surface area contributed by atoms with Crippen LogP contribution in [-0.4, -0.2) is 45.0 Å². The molecule has 0 saturated carbocycles. The van der Waals surface area contributed by atoms with Gasteiger partial charge in [0.1, 0.15) is 0 Å². The highest BCUT2D eigenvalue weighted by Crippen LogP contribution is 2.21. The number of ether oxygens (including phenoxy) is 1. The Morgan fingerprint density at radius 2 is 2.00 bits per heavy atom. The van der Waals surface area contributed by atoms with Gasteiger partial charge in [0.25, 0.3) is 15.9 Å². The summed E-state index contributed by atoms with van der Waals surface area (Å²) in [5.74, 6) is -0.176. The SMILES string of the molecule is CCOC1CCCN(C(=O)c2cccc(S(=O)(=O)Nc3ccc(Br)cc3)c2)C1. The van der Waals surface area contributed by atoms with Crippen LogP contribution in [0.1, 0.15) is 30.1 Å². The van der Waals surface area contributed by atoms with Crippen molar-refractivity contribution in [2.45, 2.75) is 30.8 Å². The first-order valence-corrected chi connectivity index (χ1v) is 11.5. The molecule has 2 aromatic rings. The number of nitrogens with one attached hydrogen (secondary N) is 1. The van der Waals surface area contributed by atoms with Gasteiger partial charge in [0.15, 0.2) is 0 Å². The number of halogens is 1. The van der Waals surface area contributed by atoms with Gasteiger partial charge >= 0.3 is 0 Å². The van der Waals surface area contributed by atoms with E-state index in [1.54, 1.807) is 41.3 Å². The molecule has 3 rings (SSSR count). The molecule has 6 nitrogen and oxygen atoms in total. The second-order valence-electron chi connectivity index (χ2n) is 6.61. The summed E-state index contributed by atoms with van der Waals surface area (Å²) in [5, 5.41) is 0. The maximum absolute atomic E-state index is 12.9. The lowest BCUT2D eigenvalue weighted by atomic mass is 10.1. The number of piperidine rings is 1. The number of likely N-dealkylation sites (tertiary alicyclic amines) is 1. The Kier molecular flexibility index (Phi) is 6.74. The van der Waals surface area contributed by atoms with E-state index >= 15 is 0 Å². The van der Waals surface area contributed by atoms with Crippen molar-refractivity contribution in [1.82, 2.24) is 4.90 Å². The molecule has 8 heteroatoms. The van der Waals surface area contributed by atoms with Gasteiger partial charge in [-0.1, -0.05) is 22.0 Å². The van der Waals surface area contributed by atoms with Crippen LogP contribution in [0.25, 0.3) is 0 Å². The molecule has 1 N–H and O–H groups in total. The maximum Gasteiger partial charge on any atom is 0.261 e. The fraction of sp³-hybridized carbons (Fsp3) is 0.350. The zero-order valence-electron chi connectivity index (χ0n) is 15.6. The van der Waals surface area contributed by atoms with Crippen LogP contribution in [0.5, 0.6) is 0 Å². The molecule has 0 radical (unpaired) electrons. The number of hydrogen-bond donors (Lipinski definition) is 1. The molecule has 1 unspecified atom stereocenters. The number of carbonyl (C=O) groups is 1. The van der Waals surface area contributed by atoms with Crippen LogP contribution in [0, 0.1) is 0 Å². The van der Waals surface area contributed by atoms with E-state index in [0.717, 1.165) is 17.3 Å². The Morgan fingerprint density at radius 1 is 1.25 bits per heavy atom. The van der Waals surface area contributed by atoms with Crippen molar-refractivity contribution in [3.05, 3.63) is 58.6 Å². The summed E-state index contributed by atoms with van der Waals surface area (Å²) >= 11 is 3.32. The zero-order chi connectivity index (χ0) is 20.1. The number of sulfonamides is 1. The average Bonchev–Trinajstić information content (AvgIpc) is 2.70. The van der Waals surface area contributed by atoms with Gasteiger partial charge in [0.2, 0.25) is 0 Å². The van der Waals surface area contributed by atoms with E-state index in [4.69, 9.17) is 4.74 Å². The van der Waals surface area contributed by atoms with Crippen LogP contribution in [-0.2, 0) is 14.8 Å². The van der Waals surface area contributed by atoms with E-state index in [1.165, 1.54) is 12.1 Å². The third-order valence-electron chi connectivity index (χ3n) is 4.56. The second-order valence-corrected chi connectivity index (χ2v) is 9.21. The minimum atomic E-state index is -3.79. The molecule has 1 heterocycles. The van der Waals surface area contributed by atoms with Gasteiger partial charge in [-0.3, -0.25) is 9.52 Å². The number of benzene rings is 2. The first-order chi connectivity index (χ1) is 13.4. The lowest BCUT2D eigenvalue weighted by molar-refractivity contribution is 0.00723. The lowest BCUT2D eigenvalue weighted by Gasteiger charge is -2.32. The molecule has 0 aromatic heterocycles. The Bertz CT molecular complexity index is 929. The highest BCUT2D eigenvalue weighted by atomic mass is 79.9. The molecule has 1 aliphatic heterocycles. The molecule has 1 atom stereocenters. The van der Waals surface area contributed by atoms with Crippen molar-refractivity contribution in [2.75, 3.05) is 24.4 Å². The van der Waals surface area contributed by atoms with Gasteiger partial charge in [-0.2, -0.15) is 0 Å². The first-order valence-electron chi connectivity index (χ1n) is 9.18. The largest absolute Gasteiger partial charge is 0.377 e. The van der Waals surface area contributed by atoms with E-state index in [-0.39, 0.29) is 16.9 Å². The van der Waals surface area contributed by atoms with Gasteiger partial charge in [-0.25, -0.2) is 8.42 Å². The molecular formula is C20H23BrN2O4S. The van der Waals surface area contributed by atoms with Crippen molar-refractivity contribution in [2.24, 2.45) is 0 Å². The molecule has 1 amide bonds. The van der Waals surface area contributed by atoms with E-state index < -0.39 is 10.0 Å². The van der Waals surface area contributed by atoms with Crippen LogP contribution >= 0.6 is 15.9 Å². The van der Waals surface area contributed by atoms with Gasteiger partial charge in [-0.05, 0) is 62.2 Å². The molecule has 0 bridgehead atoms. The van der Waals surface area contributed by atoms with Gasteiger partial charge in [0.05, 0.1) is 11.0 Å². The van der Waals surface area contributed by atoms with Gasteiger partial charge in [-0.15, -0.1) is 0 Å². The molecule has 28 heavy (non-hydrogen) atoms. The molecule has 0 aliphatic carbocycles. The summed E-state index contributed by atoms with van der Waals surface area (Å²) in [6, 6.07) is 13.0. The van der Waals surface area contributed by atoms with Crippen molar-refractivity contribution in [1.29, 1.82) is 0 Å². The quantitative estimate of drug-likeness (QED) is 0.700. The Morgan fingerprint density at radius 3 is 2.71 bits per heavy atom. The van der Waals surface area contributed by atoms with Crippen LogP contribution in [0.3, 0.4) is 0 Å². The normalized spacial score (nSPS) is 17.4. The Labute approximate surface area is 174 Å². The van der Waals surface area contributed by atoms with Gasteiger partial charge < -0.3 is 9.64 Å². The summed E-state index contributed by atoms with van der Waals surface area (Å²) in [6.45, 7) is 3.73. The Hall–Kier alpha value is -1.90. The minimum absolute atomic E-state index is 0.0358. The molecule has 150 valence electrons. The van der Waals surface area contributed by atoms with Crippen molar-refractivity contribution >= 4 is 37.5 Å². The molecule has 2 aromatic carbocycles. The van der Waals surface area contributed by atoms with Crippen molar-refractivity contribution in [3.8, 4) is 0 Å². The lowest BCUT2D eigenvalue weighted by Crippen LogP contribution is -2.43. The van der Waals surface area contributed by atoms with Crippen molar-refractivity contribution in [3.63, 3.8) is 0 Å². The fourth-order valence-corrected chi connectivity index (χ4v) is 4.57. The third kappa shape index (κ3) is 5.12. The van der Waals surface area contributed by atoms with E-state index in [0.29, 0.717) is 30.9 Å².